The van der Waals surface area contributed by atoms with Crippen LogP contribution in [-0.2, 0) is 6.61 Å². The van der Waals surface area contributed by atoms with Crippen LogP contribution < -0.4 is 10.4 Å². The number of hydrogen-bond acceptors (Lipinski definition) is 4. The maximum absolute atomic E-state index is 12.1. The summed E-state index contributed by atoms with van der Waals surface area (Å²) in [7, 11) is 1.52. The van der Waals surface area contributed by atoms with Gasteiger partial charge in [0.2, 0.25) is 0 Å². The van der Waals surface area contributed by atoms with Gasteiger partial charge in [-0.3, -0.25) is 0 Å². The van der Waals surface area contributed by atoms with E-state index in [1.54, 1.807) is 6.07 Å². The van der Waals surface area contributed by atoms with Crippen molar-refractivity contribution in [1.29, 1.82) is 0 Å². The Balaban J connectivity index is 2.03. The van der Waals surface area contributed by atoms with Crippen molar-refractivity contribution in [3.05, 3.63) is 40.0 Å². The quantitative estimate of drug-likeness (QED) is 0.871. The first-order chi connectivity index (χ1) is 10.7. The predicted molar refractivity (Wildman–Crippen MR) is 83.9 cm³/mol. The van der Waals surface area contributed by atoms with Gasteiger partial charge >= 0.3 is 5.63 Å². The van der Waals surface area contributed by atoms with Crippen LogP contribution in [0.15, 0.2) is 27.4 Å². The van der Waals surface area contributed by atoms with E-state index in [9.17, 15) is 9.90 Å². The van der Waals surface area contributed by atoms with Crippen molar-refractivity contribution in [3.63, 3.8) is 0 Å². The molecule has 4 atom stereocenters. The molecule has 0 saturated heterocycles. The minimum absolute atomic E-state index is 0.199. The maximum Gasteiger partial charge on any atom is 0.345 e. The number of hydrogen-bond donors (Lipinski definition) is 1. The standard InChI is InChI=1S/C18H24O4/c1-11-7-8-12-5-3-4-6-13(12)17(11)16-9-15(21-2)14(10-19)18(20)22-16/h7-9,11-13,17,19H,3-6,10H2,1-2H3/t11-,12+,13-,17-/m1/s1. The van der Waals surface area contributed by atoms with Crippen molar-refractivity contribution in [1.82, 2.24) is 0 Å². The molecule has 0 aromatic carbocycles. The van der Waals surface area contributed by atoms with E-state index in [2.05, 4.69) is 19.1 Å². The van der Waals surface area contributed by atoms with E-state index < -0.39 is 5.63 Å². The number of aliphatic hydroxyl groups is 1. The molecule has 0 radical (unpaired) electrons. The smallest absolute Gasteiger partial charge is 0.345 e. The van der Waals surface area contributed by atoms with Crippen molar-refractivity contribution >= 4 is 0 Å². The second-order valence-corrected chi connectivity index (χ2v) is 6.52. The molecular formula is C18H24O4. The lowest BCUT2D eigenvalue weighted by Gasteiger charge is -2.40. The van der Waals surface area contributed by atoms with Crippen LogP contribution >= 0.6 is 0 Å². The molecule has 1 fully saturated rings. The summed E-state index contributed by atoms with van der Waals surface area (Å²) in [5.74, 6) is 2.80. The molecule has 0 amide bonds. The second-order valence-electron chi connectivity index (χ2n) is 6.52. The van der Waals surface area contributed by atoms with Crippen LogP contribution in [0.4, 0.5) is 0 Å². The monoisotopic (exact) mass is 304 g/mol. The van der Waals surface area contributed by atoms with Crippen LogP contribution in [0.3, 0.4) is 0 Å². The van der Waals surface area contributed by atoms with Gasteiger partial charge in [-0.15, -0.1) is 0 Å². The fraction of sp³-hybridized carbons (Fsp3) is 0.611. The molecule has 120 valence electrons. The Morgan fingerprint density at radius 2 is 2.09 bits per heavy atom. The summed E-state index contributed by atoms with van der Waals surface area (Å²) in [6.07, 6.45) is 9.53. The number of aliphatic hydroxyl groups excluding tert-OH is 1. The molecular weight excluding hydrogens is 280 g/mol. The largest absolute Gasteiger partial charge is 0.496 e. The van der Waals surface area contributed by atoms with Crippen LogP contribution in [0.1, 0.15) is 49.8 Å². The van der Waals surface area contributed by atoms with Crippen LogP contribution in [-0.4, -0.2) is 12.2 Å². The molecule has 3 rings (SSSR count). The molecule has 2 aliphatic rings. The third kappa shape index (κ3) is 2.60. The highest BCUT2D eigenvalue weighted by atomic mass is 16.5. The number of ether oxygens (including phenoxy) is 1. The molecule has 0 spiro atoms. The summed E-state index contributed by atoms with van der Waals surface area (Å²) in [5, 5.41) is 9.32. The van der Waals surface area contributed by atoms with Gasteiger partial charge in [-0.1, -0.05) is 31.9 Å². The van der Waals surface area contributed by atoms with Gasteiger partial charge in [0.1, 0.15) is 17.1 Å². The first-order valence-electron chi connectivity index (χ1n) is 8.15. The molecule has 1 heterocycles. The minimum atomic E-state index is -0.481. The Morgan fingerprint density at radius 1 is 1.32 bits per heavy atom. The summed E-state index contributed by atoms with van der Waals surface area (Å²) in [6, 6.07) is 1.80. The van der Waals surface area contributed by atoms with Crippen LogP contribution in [0.2, 0.25) is 0 Å². The van der Waals surface area contributed by atoms with Gasteiger partial charge in [-0.05, 0) is 30.6 Å². The zero-order valence-corrected chi connectivity index (χ0v) is 13.2. The van der Waals surface area contributed by atoms with Crippen LogP contribution in [0.25, 0.3) is 0 Å². The third-order valence-electron chi connectivity index (χ3n) is 5.30. The summed E-state index contributed by atoms with van der Waals surface area (Å²) < 4.78 is 10.9. The van der Waals surface area contributed by atoms with Crippen molar-refractivity contribution < 1.29 is 14.3 Å². The van der Waals surface area contributed by atoms with Crippen molar-refractivity contribution in [3.8, 4) is 5.75 Å². The maximum atomic E-state index is 12.1. The lowest BCUT2D eigenvalue weighted by molar-refractivity contribution is 0.177. The lowest BCUT2D eigenvalue weighted by atomic mass is 9.64. The van der Waals surface area contributed by atoms with E-state index in [4.69, 9.17) is 9.15 Å². The van der Waals surface area contributed by atoms with Crippen molar-refractivity contribution in [2.75, 3.05) is 7.11 Å². The van der Waals surface area contributed by atoms with Gasteiger partial charge < -0.3 is 14.3 Å². The van der Waals surface area contributed by atoms with E-state index >= 15 is 0 Å². The number of fused-ring (bicyclic) bond motifs is 1. The van der Waals surface area contributed by atoms with Crippen LogP contribution in [0, 0.1) is 17.8 Å². The van der Waals surface area contributed by atoms with Crippen molar-refractivity contribution in [2.45, 2.75) is 45.1 Å². The zero-order chi connectivity index (χ0) is 15.7. The highest BCUT2D eigenvalue weighted by Crippen LogP contribution is 2.48. The minimum Gasteiger partial charge on any atom is -0.496 e. The molecule has 4 heteroatoms. The van der Waals surface area contributed by atoms with Gasteiger partial charge in [-0.2, -0.15) is 0 Å². The number of methoxy groups -OCH3 is 1. The molecule has 0 bridgehead atoms. The van der Waals surface area contributed by atoms with E-state index in [1.807, 2.05) is 0 Å². The van der Waals surface area contributed by atoms with E-state index in [-0.39, 0.29) is 18.1 Å². The highest BCUT2D eigenvalue weighted by Gasteiger charge is 2.38. The summed E-state index contributed by atoms with van der Waals surface area (Å²) in [5.41, 5.74) is -0.281. The average Bonchev–Trinajstić information content (AvgIpc) is 2.53. The number of rotatable bonds is 3. The lowest BCUT2D eigenvalue weighted by Crippen LogP contribution is -2.31. The topological polar surface area (TPSA) is 59.7 Å². The SMILES string of the molecule is COc1cc([C@H]2[C@@H]3CCCC[C@H]3C=C[C@H]2C)oc(=O)c1CO. The molecule has 2 aliphatic carbocycles. The van der Waals surface area contributed by atoms with Gasteiger partial charge in [0, 0.05) is 12.0 Å². The molecule has 1 saturated carbocycles. The molecule has 4 nitrogen and oxygen atoms in total. The van der Waals surface area contributed by atoms with Gasteiger partial charge in [0.05, 0.1) is 13.7 Å². The number of allylic oxidation sites excluding steroid dienone is 2. The predicted octanol–water partition coefficient (Wildman–Crippen LogP) is 3.24. The summed E-state index contributed by atoms with van der Waals surface area (Å²) in [6.45, 7) is 1.82. The normalized spacial score (nSPS) is 30.9. The molecule has 0 unspecified atom stereocenters. The molecule has 22 heavy (non-hydrogen) atoms. The Hall–Kier alpha value is -1.55. The molecule has 0 aliphatic heterocycles. The van der Waals surface area contributed by atoms with E-state index in [0.717, 1.165) is 0 Å². The molecule has 1 aromatic heterocycles. The Morgan fingerprint density at radius 3 is 2.82 bits per heavy atom. The second kappa shape index (κ2) is 6.29. The van der Waals surface area contributed by atoms with Crippen molar-refractivity contribution in [2.24, 2.45) is 17.8 Å². The first-order valence-corrected chi connectivity index (χ1v) is 8.15. The van der Waals surface area contributed by atoms with E-state index in [1.165, 1.54) is 32.8 Å². The molecule has 1 aromatic rings. The van der Waals surface area contributed by atoms with E-state index in [0.29, 0.717) is 29.3 Å². The third-order valence-corrected chi connectivity index (χ3v) is 5.30. The summed E-state index contributed by atoms with van der Waals surface area (Å²) in [4.78, 5) is 12.1. The van der Waals surface area contributed by atoms with Gasteiger partial charge in [-0.25, -0.2) is 4.79 Å². The molecule has 1 N–H and O–H groups in total. The van der Waals surface area contributed by atoms with Gasteiger partial charge in [0.15, 0.2) is 0 Å². The Kier molecular flexibility index (Phi) is 4.39. The highest BCUT2D eigenvalue weighted by molar-refractivity contribution is 5.33. The van der Waals surface area contributed by atoms with Crippen LogP contribution in [0.5, 0.6) is 5.75 Å². The average molecular weight is 304 g/mol. The Bertz CT molecular complexity index is 616. The zero-order valence-electron chi connectivity index (χ0n) is 13.2. The first kappa shape index (κ1) is 15.3. The van der Waals surface area contributed by atoms with Gasteiger partial charge in [0.25, 0.3) is 0 Å². The fourth-order valence-corrected chi connectivity index (χ4v) is 4.17. The summed E-state index contributed by atoms with van der Waals surface area (Å²) >= 11 is 0. The fourth-order valence-electron chi connectivity index (χ4n) is 4.17. The Labute approximate surface area is 130 Å².